The lowest BCUT2D eigenvalue weighted by Gasteiger charge is -2.27. The first-order chi connectivity index (χ1) is 18.6. The zero-order valence-corrected chi connectivity index (χ0v) is 21.8. The molecule has 7 heteroatoms. The maximum atomic E-state index is 13.7. The molecule has 196 valence electrons. The Bertz CT molecular complexity index is 1410. The number of ether oxygens (including phenoxy) is 2. The highest BCUT2D eigenvalue weighted by molar-refractivity contribution is 6.00. The van der Waals surface area contributed by atoms with Crippen LogP contribution in [0.25, 0.3) is 10.8 Å². The number of carbonyl (C=O) groups excluding carboxylic acids is 2. The van der Waals surface area contributed by atoms with Crippen molar-refractivity contribution in [2.75, 3.05) is 27.3 Å². The Morgan fingerprint density at radius 1 is 0.895 bits per heavy atom. The molecule has 1 aliphatic carbocycles. The van der Waals surface area contributed by atoms with Crippen molar-refractivity contribution in [1.29, 1.82) is 0 Å². The van der Waals surface area contributed by atoms with E-state index < -0.39 is 0 Å². The average Bonchev–Trinajstić information content (AvgIpc) is 3.67. The summed E-state index contributed by atoms with van der Waals surface area (Å²) in [7, 11) is 3.21. The minimum atomic E-state index is -0.108. The Morgan fingerprint density at radius 2 is 1.68 bits per heavy atom. The predicted octanol–water partition coefficient (Wildman–Crippen LogP) is 5.33. The van der Waals surface area contributed by atoms with Gasteiger partial charge in [0.1, 0.15) is 12.3 Å². The molecule has 1 saturated carbocycles. The number of furan rings is 1. The van der Waals surface area contributed by atoms with Crippen molar-refractivity contribution in [1.82, 2.24) is 9.80 Å². The number of hydrogen-bond donors (Lipinski definition) is 0. The fourth-order valence-corrected chi connectivity index (χ4v) is 4.67. The van der Waals surface area contributed by atoms with Crippen LogP contribution < -0.4 is 9.47 Å². The van der Waals surface area contributed by atoms with E-state index in [0.29, 0.717) is 42.3 Å². The number of carbonyl (C=O) groups is 2. The van der Waals surface area contributed by atoms with Gasteiger partial charge in [0.25, 0.3) is 5.91 Å². The molecule has 38 heavy (non-hydrogen) atoms. The van der Waals surface area contributed by atoms with Crippen LogP contribution in [0.5, 0.6) is 11.5 Å². The van der Waals surface area contributed by atoms with E-state index in [-0.39, 0.29) is 24.4 Å². The predicted molar refractivity (Wildman–Crippen MR) is 145 cm³/mol. The molecule has 2 amide bonds. The number of hydrogen-bond acceptors (Lipinski definition) is 5. The van der Waals surface area contributed by atoms with Gasteiger partial charge in [0, 0.05) is 18.2 Å². The summed E-state index contributed by atoms with van der Waals surface area (Å²) < 4.78 is 16.3. The fourth-order valence-electron chi connectivity index (χ4n) is 4.67. The van der Waals surface area contributed by atoms with Crippen molar-refractivity contribution < 1.29 is 23.5 Å². The fraction of sp³-hybridized carbons (Fsp3) is 0.290. The summed E-state index contributed by atoms with van der Waals surface area (Å²) in [5, 5.41) is 2.09. The first kappa shape index (κ1) is 25.4. The third kappa shape index (κ3) is 5.83. The largest absolute Gasteiger partial charge is 0.493 e. The third-order valence-corrected chi connectivity index (χ3v) is 6.95. The molecule has 7 nitrogen and oxygen atoms in total. The van der Waals surface area contributed by atoms with Crippen molar-refractivity contribution in [3.63, 3.8) is 0 Å². The molecule has 0 N–H and O–H groups in total. The zero-order chi connectivity index (χ0) is 26.5. The molecule has 1 heterocycles. The Hall–Kier alpha value is -4.26. The Labute approximate surface area is 222 Å². The average molecular weight is 513 g/mol. The first-order valence-electron chi connectivity index (χ1n) is 12.9. The van der Waals surface area contributed by atoms with Crippen molar-refractivity contribution in [2.24, 2.45) is 0 Å². The normalized spacial score (nSPS) is 12.8. The van der Waals surface area contributed by atoms with Crippen LogP contribution in [0, 0.1) is 0 Å². The number of fused-ring (bicyclic) bond motifs is 1. The monoisotopic (exact) mass is 512 g/mol. The van der Waals surface area contributed by atoms with E-state index in [2.05, 4.69) is 0 Å². The zero-order valence-electron chi connectivity index (χ0n) is 21.8. The summed E-state index contributed by atoms with van der Waals surface area (Å²) in [6.45, 7) is 0.836. The van der Waals surface area contributed by atoms with Crippen molar-refractivity contribution in [2.45, 2.75) is 31.8 Å². The lowest BCUT2D eigenvalue weighted by molar-refractivity contribution is -0.132. The first-order valence-corrected chi connectivity index (χ1v) is 12.9. The number of nitrogens with zero attached hydrogens (tertiary/aromatic N) is 2. The maximum Gasteiger partial charge on any atom is 0.254 e. The summed E-state index contributed by atoms with van der Waals surface area (Å²) in [4.78, 5) is 30.7. The highest BCUT2D eigenvalue weighted by Gasteiger charge is 2.35. The van der Waals surface area contributed by atoms with Crippen LogP contribution in [-0.4, -0.2) is 55.0 Å². The van der Waals surface area contributed by atoms with E-state index >= 15 is 0 Å². The van der Waals surface area contributed by atoms with Gasteiger partial charge in [0.15, 0.2) is 11.5 Å². The second-order valence-corrected chi connectivity index (χ2v) is 9.56. The molecule has 1 fully saturated rings. The van der Waals surface area contributed by atoms with Gasteiger partial charge in [-0.05, 0) is 72.0 Å². The summed E-state index contributed by atoms with van der Waals surface area (Å²) >= 11 is 0. The Balaban J connectivity index is 1.33. The van der Waals surface area contributed by atoms with Crippen LogP contribution in [0.3, 0.4) is 0 Å². The topological polar surface area (TPSA) is 72.2 Å². The van der Waals surface area contributed by atoms with Crippen LogP contribution >= 0.6 is 0 Å². The molecule has 0 atom stereocenters. The summed E-state index contributed by atoms with van der Waals surface area (Å²) in [6, 6.07) is 23.2. The highest BCUT2D eigenvalue weighted by atomic mass is 16.5. The minimum absolute atomic E-state index is 0.0307. The van der Waals surface area contributed by atoms with Crippen LogP contribution in [0.15, 0.2) is 83.5 Å². The second kappa shape index (κ2) is 11.4. The quantitative estimate of drug-likeness (QED) is 0.272. The van der Waals surface area contributed by atoms with Gasteiger partial charge in [0.2, 0.25) is 5.91 Å². The van der Waals surface area contributed by atoms with Gasteiger partial charge in [-0.2, -0.15) is 0 Å². The molecular weight excluding hydrogens is 480 g/mol. The van der Waals surface area contributed by atoms with Crippen LogP contribution in [-0.2, 0) is 17.8 Å². The van der Waals surface area contributed by atoms with Crippen LogP contribution in [0.1, 0.15) is 34.5 Å². The SMILES string of the molecule is COc1ccc(CCN(Cc2ccco2)C(=O)CN(C(=O)c2ccc3ccccc3c2)C2CC2)cc1OC. The number of amides is 2. The highest BCUT2D eigenvalue weighted by Crippen LogP contribution is 2.30. The van der Waals surface area contributed by atoms with Gasteiger partial charge in [-0.1, -0.05) is 36.4 Å². The lowest BCUT2D eigenvalue weighted by Crippen LogP contribution is -2.44. The molecule has 0 bridgehead atoms. The van der Waals surface area contributed by atoms with Crippen molar-refractivity contribution in [3.05, 3.63) is 95.9 Å². The van der Waals surface area contributed by atoms with Gasteiger partial charge < -0.3 is 23.7 Å². The summed E-state index contributed by atoms with van der Waals surface area (Å²) in [6.07, 6.45) is 4.05. The maximum absolute atomic E-state index is 13.7. The molecule has 1 aromatic heterocycles. The van der Waals surface area contributed by atoms with Crippen LogP contribution in [0.2, 0.25) is 0 Å². The molecule has 5 rings (SSSR count). The van der Waals surface area contributed by atoms with Gasteiger partial charge in [-0.15, -0.1) is 0 Å². The number of benzene rings is 3. The molecule has 0 aliphatic heterocycles. The molecule has 0 unspecified atom stereocenters. The third-order valence-electron chi connectivity index (χ3n) is 6.95. The van der Waals surface area contributed by atoms with Crippen LogP contribution in [0.4, 0.5) is 0 Å². The summed E-state index contributed by atoms with van der Waals surface area (Å²) in [5.74, 6) is 1.79. The van der Waals surface area contributed by atoms with E-state index in [1.807, 2.05) is 72.8 Å². The number of methoxy groups -OCH3 is 2. The molecule has 0 spiro atoms. The Morgan fingerprint density at radius 3 is 2.39 bits per heavy atom. The molecule has 3 aromatic carbocycles. The van der Waals surface area contributed by atoms with Crippen molar-refractivity contribution in [3.8, 4) is 11.5 Å². The van der Waals surface area contributed by atoms with E-state index in [1.54, 1.807) is 30.3 Å². The Kier molecular flexibility index (Phi) is 7.63. The second-order valence-electron chi connectivity index (χ2n) is 9.56. The smallest absolute Gasteiger partial charge is 0.254 e. The molecule has 4 aromatic rings. The number of rotatable bonds is 11. The van der Waals surface area contributed by atoms with Gasteiger partial charge >= 0.3 is 0 Å². The van der Waals surface area contributed by atoms with Crippen molar-refractivity contribution >= 4 is 22.6 Å². The summed E-state index contributed by atoms with van der Waals surface area (Å²) in [5.41, 5.74) is 1.62. The van der Waals surface area contributed by atoms with E-state index in [4.69, 9.17) is 13.9 Å². The molecule has 0 saturated heterocycles. The molecule has 0 radical (unpaired) electrons. The minimum Gasteiger partial charge on any atom is -0.493 e. The lowest BCUT2D eigenvalue weighted by atomic mass is 10.1. The van der Waals surface area contributed by atoms with Gasteiger partial charge in [0.05, 0.1) is 27.0 Å². The van der Waals surface area contributed by atoms with E-state index in [0.717, 1.165) is 29.2 Å². The van der Waals surface area contributed by atoms with Gasteiger partial charge in [-0.25, -0.2) is 0 Å². The van der Waals surface area contributed by atoms with E-state index in [1.165, 1.54) is 0 Å². The molecular formula is C31H32N2O5. The standard InChI is InChI=1S/C31H32N2O5/c1-36-28-14-9-22(18-29(28)37-2)15-16-32(20-27-8-5-17-38-27)30(34)21-33(26-12-13-26)31(35)25-11-10-23-6-3-4-7-24(23)19-25/h3-11,14,17-19,26H,12-13,15-16,20-21H2,1-2H3. The van der Waals surface area contributed by atoms with Gasteiger partial charge in [-0.3, -0.25) is 9.59 Å². The van der Waals surface area contributed by atoms with E-state index in [9.17, 15) is 9.59 Å². The molecule has 1 aliphatic rings.